The van der Waals surface area contributed by atoms with E-state index in [1.165, 1.54) is 12.3 Å². The molecule has 2 aromatic heterocycles. The Morgan fingerprint density at radius 2 is 1.66 bits per heavy atom. The Kier molecular flexibility index (Phi) is 7.57. The van der Waals surface area contributed by atoms with Gasteiger partial charge in [0.15, 0.2) is 0 Å². The number of hydrogen-bond donors (Lipinski definition) is 2. The summed E-state index contributed by atoms with van der Waals surface area (Å²) in [5.41, 5.74) is 8.90. The molecule has 0 spiro atoms. The number of aromatic nitrogens is 2. The lowest BCUT2D eigenvalue weighted by Crippen LogP contribution is -2.29. The molecule has 0 atom stereocenters. The highest BCUT2D eigenvalue weighted by Crippen LogP contribution is 2.33. The summed E-state index contributed by atoms with van der Waals surface area (Å²) < 4.78 is 16.5. The second kappa shape index (κ2) is 11.3. The van der Waals surface area contributed by atoms with E-state index in [1.54, 1.807) is 45.9 Å². The highest BCUT2D eigenvalue weighted by molar-refractivity contribution is 6.08. The Hall–Kier alpha value is -4.98. The van der Waals surface area contributed by atoms with Crippen LogP contribution in [0, 0.1) is 11.2 Å². The van der Waals surface area contributed by atoms with Crippen LogP contribution in [0.5, 0.6) is 0 Å². The third-order valence-corrected chi connectivity index (χ3v) is 6.65. The van der Waals surface area contributed by atoms with E-state index < -0.39 is 0 Å². The van der Waals surface area contributed by atoms with Crippen molar-refractivity contribution in [2.75, 3.05) is 16.0 Å². The second-order valence-electron chi connectivity index (χ2n) is 11.2. The van der Waals surface area contributed by atoms with Gasteiger partial charge in [0.25, 0.3) is 5.91 Å². The molecule has 0 bridgehead atoms. The number of pyridine rings is 1. The number of rotatable bonds is 7. The Labute approximate surface area is 238 Å². The van der Waals surface area contributed by atoms with Crippen LogP contribution in [0.4, 0.5) is 27.3 Å². The first-order chi connectivity index (χ1) is 19.6. The molecule has 2 heterocycles. The predicted octanol–water partition coefficient (Wildman–Crippen LogP) is 7.16. The third-order valence-electron chi connectivity index (χ3n) is 6.65. The van der Waals surface area contributed by atoms with Gasteiger partial charge in [0.1, 0.15) is 17.3 Å². The average molecular weight is 550 g/mol. The number of nitrogens with one attached hydrogen (secondary N) is 1. The molecule has 0 aliphatic heterocycles. The van der Waals surface area contributed by atoms with Gasteiger partial charge in [0.2, 0.25) is 5.91 Å². The number of nitrogens with zero attached hydrogens (tertiary/aromatic N) is 3. The van der Waals surface area contributed by atoms with Gasteiger partial charge in [-0.3, -0.25) is 14.5 Å². The molecule has 0 saturated carbocycles. The highest BCUT2D eigenvalue weighted by Gasteiger charge is 2.25. The van der Waals surface area contributed by atoms with E-state index in [9.17, 15) is 14.0 Å². The van der Waals surface area contributed by atoms with Crippen molar-refractivity contribution in [3.63, 3.8) is 0 Å². The average Bonchev–Trinajstić information content (AvgIpc) is 3.29. The molecule has 0 unspecified atom stereocenters. The summed E-state index contributed by atoms with van der Waals surface area (Å²) in [5.74, 6) is -0.437. The Morgan fingerprint density at radius 1 is 0.927 bits per heavy atom. The molecule has 0 aliphatic rings. The van der Waals surface area contributed by atoms with Crippen LogP contribution in [0.3, 0.4) is 0 Å². The van der Waals surface area contributed by atoms with Crippen molar-refractivity contribution in [2.24, 2.45) is 5.41 Å². The van der Waals surface area contributed by atoms with Crippen molar-refractivity contribution in [1.29, 1.82) is 0 Å². The zero-order chi connectivity index (χ0) is 29.1. The maximum absolute atomic E-state index is 14.7. The third kappa shape index (κ3) is 6.27. The summed E-state index contributed by atoms with van der Waals surface area (Å²) in [5, 5.41) is 3.60. The summed E-state index contributed by atoms with van der Waals surface area (Å²) in [4.78, 5) is 32.9. The molecule has 3 N–H and O–H groups in total. The normalized spacial score (nSPS) is 11.4. The summed E-state index contributed by atoms with van der Waals surface area (Å²) in [6.07, 6.45) is 1.82. The fourth-order valence-electron chi connectivity index (χ4n) is 4.77. The minimum atomic E-state index is -0.380. The summed E-state index contributed by atoms with van der Waals surface area (Å²) in [6.45, 7) is 6.23. The predicted molar refractivity (Wildman–Crippen MR) is 162 cm³/mol. The first kappa shape index (κ1) is 27.6. The lowest BCUT2D eigenvalue weighted by molar-refractivity contribution is -0.119. The molecule has 8 heteroatoms. The van der Waals surface area contributed by atoms with E-state index in [-0.39, 0.29) is 29.6 Å². The molecule has 208 valence electrons. The van der Waals surface area contributed by atoms with Crippen molar-refractivity contribution in [2.45, 2.75) is 33.7 Å². The van der Waals surface area contributed by atoms with Gasteiger partial charge in [-0.15, -0.1) is 0 Å². The number of nitrogens with two attached hydrogens (primary N) is 1. The van der Waals surface area contributed by atoms with Crippen molar-refractivity contribution < 1.29 is 14.0 Å². The highest BCUT2D eigenvalue weighted by atomic mass is 19.1. The van der Waals surface area contributed by atoms with Crippen molar-refractivity contribution in [3.8, 4) is 0 Å². The zero-order valence-electron chi connectivity index (χ0n) is 23.3. The van der Waals surface area contributed by atoms with Crippen LogP contribution in [0.15, 0.2) is 97.2 Å². The molecule has 41 heavy (non-hydrogen) atoms. The van der Waals surface area contributed by atoms with Crippen LogP contribution in [0.2, 0.25) is 0 Å². The summed E-state index contributed by atoms with van der Waals surface area (Å²) in [7, 11) is 0. The van der Waals surface area contributed by atoms with Gasteiger partial charge >= 0.3 is 0 Å². The van der Waals surface area contributed by atoms with Crippen LogP contribution >= 0.6 is 0 Å². The SMILES string of the molecule is CC(C)(C)CC(=O)N(c1ccccc1)c1ccc2c(c1)cc(C(=O)Nc1ccc(N)nc1)n2Cc1ccccc1F. The number of para-hydroxylation sites is 1. The Balaban J connectivity index is 1.61. The fraction of sp³-hybridized carbons (Fsp3) is 0.182. The van der Waals surface area contributed by atoms with E-state index in [0.29, 0.717) is 34.9 Å². The molecule has 7 nitrogen and oxygen atoms in total. The number of fused-ring (bicyclic) bond motifs is 1. The quantitative estimate of drug-likeness (QED) is 0.225. The van der Waals surface area contributed by atoms with Crippen molar-refractivity contribution >= 4 is 45.6 Å². The van der Waals surface area contributed by atoms with Gasteiger partial charge in [0, 0.05) is 34.3 Å². The molecule has 2 amide bonds. The standard InChI is InChI=1S/C33H32FN5O2/c1-33(2,3)19-31(40)39(25-10-5-4-6-11-25)26-14-15-28-23(17-26)18-29(32(41)37-24-13-16-30(35)36-20-24)38(28)21-22-9-7-8-12-27(22)34/h4-18,20H,19,21H2,1-3H3,(H2,35,36)(H,37,41). The van der Waals surface area contributed by atoms with Crippen LogP contribution in [0.1, 0.15) is 43.2 Å². The Bertz CT molecular complexity index is 1710. The number of carbonyl (C=O) groups is 2. The number of benzene rings is 3. The molecule has 0 saturated heterocycles. The first-order valence-electron chi connectivity index (χ1n) is 13.4. The summed E-state index contributed by atoms with van der Waals surface area (Å²) in [6, 6.07) is 26.6. The monoisotopic (exact) mass is 549 g/mol. The molecule has 0 aliphatic carbocycles. The summed E-state index contributed by atoms with van der Waals surface area (Å²) >= 11 is 0. The number of anilines is 4. The molecule has 3 aromatic carbocycles. The number of amides is 2. The molecular formula is C33H32FN5O2. The van der Waals surface area contributed by atoms with Gasteiger partial charge in [-0.2, -0.15) is 0 Å². The minimum Gasteiger partial charge on any atom is -0.384 e. The van der Waals surface area contributed by atoms with Crippen LogP contribution in [-0.4, -0.2) is 21.4 Å². The van der Waals surface area contributed by atoms with Crippen LogP contribution < -0.4 is 16.0 Å². The van der Waals surface area contributed by atoms with E-state index in [1.807, 2.05) is 69.3 Å². The van der Waals surface area contributed by atoms with Gasteiger partial charge in [-0.05, 0) is 60.0 Å². The molecule has 0 fully saturated rings. The lowest BCUT2D eigenvalue weighted by atomic mass is 9.91. The zero-order valence-corrected chi connectivity index (χ0v) is 23.3. The van der Waals surface area contributed by atoms with E-state index in [4.69, 9.17) is 5.73 Å². The van der Waals surface area contributed by atoms with Gasteiger partial charge in [0.05, 0.1) is 18.4 Å². The minimum absolute atomic E-state index is 0.0392. The van der Waals surface area contributed by atoms with Gasteiger partial charge in [-0.25, -0.2) is 9.37 Å². The maximum Gasteiger partial charge on any atom is 0.272 e. The maximum atomic E-state index is 14.7. The second-order valence-corrected chi connectivity index (χ2v) is 11.2. The van der Waals surface area contributed by atoms with E-state index in [2.05, 4.69) is 10.3 Å². The first-order valence-corrected chi connectivity index (χ1v) is 13.4. The van der Waals surface area contributed by atoms with Gasteiger partial charge in [-0.1, -0.05) is 57.2 Å². The topological polar surface area (TPSA) is 93.2 Å². The molecule has 5 aromatic rings. The van der Waals surface area contributed by atoms with E-state index >= 15 is 0 Å². The van der Waals surface area contributed by atoms with Crippen LogP contribution in [0.25, 0.3) is 10.9 Å². The molecule has 5 rings (SSSR count). The molecular weight excluding hydrogens is 517 g/mol. The number of halogens is 1. The Morgan fingerprint density at radius 3 is 2.34 bits per heavy atom. The lowest BCUT2D eigenvalue weighted by Gasteiger charge is -2.27. The largest absolute Gasteiger partial charge is 0.384 e. The number of hydrogen-bond acceptors (Lipinski definition) is 4. The van der Waals surface area contributed by atoms with Crippen LogP contribution in [-0.2, 0) is 11.3 Å². The smallest absolute Gasteiger partial charge is 0.272 e. The van der Waals surface area contributed by atoms with Crippen molar-refractivity contribution in [1.82, 2.24) is 9.55 Å². The molecule has 0 radical (unpaired) electrons. The number of nitrogen functional groups attached to an aromatic ring is 1. The fourth-order valence-corrected chi connectivity index (χ4v) is 4.77. The van der Waals surface area contributed by atoms with Gasteiger partial charge < -0.3 is 15.6 Å². The van der Waals surface area contributed by atoms with Crippen molar-refractivity contribution in [3.05, 3.63) is 114 Å². The number of carbonyl (C=O) groups excluding carboxylic acids is 2. The van der Waals surface area contributed by atoms with E-state index in [0.717, 1.165) is 16.6 Å².